The third kappa shape index (κ3) is 8.65. The Morgan fingerprint density at radius 1 is 0.667 bits per heavy atom. The van der Waals surface area contributed by atoms with Gasteiger partial charge in [-0.15, -0.1) is 0 Å². The number of ketones is 1. The molecule has 0 N–H and O–H groups in total. The minimum Gasteiger partial charge on any atom is -1.00 e. The monoisotopic (exact) mass is 410 g/mol. The second-order valence-electron chi connectivity index (χ2n) is 3.89. The molecule has 0 fully saturated rings. The maximum atomic E-state index is 11.6. The van der Waals surface area contributed by atoms with Crippen LogP contribution in [0.5, 0.6) is 0 Å². The van der Waals surface area contributed by atoms with Crippen molar-refractivity contribution in [2.75, 3.05) is 0 Å². The molecule has 0 saturated carbocycles. The second-order valence-corrected chi connectivity index (χ2v) is 3.89. The van der Waals surface area contributed by atoms with Gasteiger partial charge in [-0.2, -0.15) is 0 Å². The summed E-state index contributed by atoms with van der Waals surface area (Å²) < 4.78 is 0. The van der Waals surface area contributed by atoms with Crippen molar-refractivity contribution in [3.63, 3.8) is 0 Å². The predicted molar refractivity (Wildman–Crippen MR) is 76.0 cm³/mol. The van der Waals surface area contributed by atoms with Crippen molar-refractivity contribution in [1.29, 1.82) is 0 Å². The third-order valence-electron chi connectivity index (χ3n) is 2.48. The summed E-state index contributed by atoms with van der Waals surface area (Å²) in [6, 6.07) is 19.6. The van der Waals surface area contributed by atoms with Gasteiger partial charge in [-0.05, 0) is 23.3 Å². The SMILES string of the molecule is O=C(/C=C/c1ccccc1)/C=C/c1ccccc1.[Cl-].[Cl-].[Pd+2]. The van der Waals surface area contributed by atoms with Crippen LogP contribution < -0.4 is 24.8 Å². The Balaban J connectivity index is 0. The largest absolute Gasteiger partial charge is 2.00 e. The van der Waals surface area contributed by atoms with Crippen LogP contribution in [0.4, 0.5) is 0 Å². The molecule has 0 radical (unpaired) electrons. The van der Waals surface area contributed by atoms with Crippen LogP contribution in [-0.4, -0.2) is 5.78 Å². The zero-order chi connectivity index (χ0) is 12.6. The van der Waals surface area contributed by atoms with E-state index in [1.165, 1.54) is 0 Å². The Kier molecular flexibility index (Phi) is 13.2. The zero-order valence-corrected chi connectivity index (χ0v) is 14.1. The van der Waals surface area contributed by atoms with Crippen molar-refractivity contribution in [3.8, 4) is 0 Å². The first kappa shape index (κ1) is 22.1. The summed E-state index contributed by atoms with van der Waals surface area (Å²) in [5, 5.41) is 0. The molecule has 0 spiro atoms. The van der Waals surface area contributed by atoms with Crippen LogP contribution in [0.15, 0.2) is 72.8 Å². The Morgan fingerprint density at radius 3 is 1.33 bits per heavy atom. The average molecular weight is 412 g/mol. The summed E-state index contributed by atoms with van der Waals surface area (Å²) in [7, 11) is 0. The van der Waals surface area contributed by atoms with Crippen molar-refractivity contribution in [1.82, 2.24) is 0 Å². The number of allylic oxidation sites excluding steroid dienone is 2. The average Bonchev–Trinajstić information content (AvgIpc) is 2.45. The van der Waals surface area contributed by atoms with E-state index in [0.29, 0.717) is 0 Å². The number of hydrogen-bond donors (Lipinski definition) is 0. The standard InChI is InChI=1S/C17H14O.2ClH.Pd/c18-17(13-11-15-7-3-1-4-8-15)14-12-16-9-5-2-6-10-16;;;/h1-14H;2*1H;/q;;;+2/p-2/b13-11+,14-12+;;;. The molecule has 0 atom stereocenters. The van der Waals surface area contributed by atoms with E-state index in [2.05, 4.69) is 0 Å². The molecule has 2 aromatic rings. The normalized spacial score (nSPS) is 9.52. The van der Waals surface area contributed by atoms with Crippen molar-refractivity contribution < 1.29 is 50.0 Å². The van der Waals surface area contributed by atoms with Crippen molar-refractivity contribution in [2.45, 2.75) is 0 Å². The Labute approximate surface area is 151 Å². The summed E-state index contributed by atoms with van der Waals surface area (Å²) in [5.41, 5.74) is 2.05. The minimum atomic E-state index is -0.0114. The fourth-order valence-electron chi connectivity index (χ4n) is 1.54. The van der Waals surface area contributed by atoms with Crippen LogP contribution in [0, 0.1) is 0 Å². The number of rotatable bonds is 4. The first-order chi connectivity index (χ1) is 8.84. The summed E-state index contributed by atoms with van der Waals surface area (Å²) in [6.45, 7) is 0. The van der Waals surface area contributed by atoms with Gasteiger partial charge in [0.1, 0.15) is 0 Å². The fraction of sp³-hybridized carbons (Fsp3) is 0. The van der Waals surface area contributed by atoms with Crippen molar-refractivity contribution >= 4 is 17.9 Å². The molecule has 2 rings (SSSR count). The quantitative estimate of drug-likeness (QED) is 0.420. The molecule has 0 bridgehead atoms. The van der Waals surface area contributed by atoms with Gasteiger partial charge in [0, 0.05) is 0 Å². The van der Waals surface area contributed by atoms with E-state index in [4.69, 9.17) is 0 Å². The number of halogens is 2. The van der Waals surface area contributed by atoms with E-state index in [-0.39, 0.29) is 51.0 Å². The van der Waals surface area contributed by atoms with Crippen LogP contribution in [0.1, 0.15) is 11.1 Å². The summed E-state index contributed by atoms with van der Waals surface area (Å²) >= 11 is 0. The molecule has 0 aromatic heterocycles. The molecular weight excluding hydrogens is 398 g/mol. The van der Waals surface area contributed by atoms with Gasteiger partial charge < -0.3 is 24.8 Å². The topological polar surface area (TPSA) is 17.1 Å². The fourth-order valence-corrected chi connectivity index (χ4v) is 1.54. The first-order valence-electron chi connectivity index (χ1n) is 5.85. The molecule has 1 nitrogen and oxygen atoms in total. The van der Waals surface area contributed by atoms with Gasteiger partial charge in [0.15, 0.2) is 5.78 Å². The van der Waals surface area contributed by atoms with Crippen LogP contribution >= 0.6 is 0 Å². The van der Waals surface area contributed by atoms with Gasteiger partial charge in [-0.3, -0.25) is 4.79 Å². The van der Waals surface area contributed by atoms with Crippen molar-refractivity contribution in [2.24, 2.45) is 0 Å². The van der Waals surface area contributed by atoms with E-state index in [9.17, 15) is 4.79 Å². The molecule has 0 aliphatic rings. The Morgan fingerprint density at radius 2 is 1.00 bits per heavy atom. The van der Waals surface area contributed by atoms with Gasteiger partial charge in [-0.1, -0.05) is 72.8 Å². The molecule has 4 heteroatoms. The summed E-state index contributed by atoms with van der Waals surface area (Å²) in [5.74, 6) is -0.0114. The van der Waals surface area contributed by atoms with Gasteiger partial charge in [0.2, 0.25) is 0 Å². The Hall–Kier alpha value is -1.17. The summed E-state index contributed by atoms with van der Waals surface area (Å²) in [4.78, 5) is 11.6. The van der Waals surface area contributed by atoms with Gasteiger partial charge in [0.05, 0.1) is 0 Å². The van der Waals surface area contributed by atoms with E-state index in [0.717, 1.165) is 11.1 Å². The van der Waals surface area contributed by atoms with Crippen molar-refractivity contribution in [3.05, 3.63) is 83.9 Å². The molecule has 0 heterocycles. The van der Waals surface area contributed by atoms with E-state index < -0.39 is 0 Å². The number of carbonyl (C=O) groups is 1. The third-order valence-corrected chi connectivity index (χ3v) is 2.48. The predicted octanol–water partition coefficient (Wildman–Crippen LogP) is -2.01. The number of benzene rings is 2. The smallest absolute Gasteiger partial charge is 1.00 e. The van der Waals surface area contributed by atoms with Gasteiger partial charge in [-0.25, -0.2) is 0 Å². The minimum absolute atomic E-state index is 0. The number of hydrogen-bond acceptors (Lipinski definition) is 1. The van der Waals surface area contributed by atoms with Crippen LogP contribution in [0.25, 0.3) is 12.2 Å². The molecule has 112 valence electrons. The number of carbonyl (C=O) groups excluding carboxylic acids is 1. The zero-order valence-electron chi connectivity index (χ0n) is 11.1. The molecule has 0 unspecified atom stereocenters. The van der Waals surface area contributed by atoms with E-state index >= 15 is 0 Å². The summed E-state index contributed by atoms with van der Waals surface area (Å²) in [6.07, 6.45) is 6.79. The molecule has 21 heavy (non-hydrogen) atoms. The second kappa shape index (κ2) is 12.6. The molecule has 0 aliphatic heterocycles. The van der Waals surface area contributed by atoms with Crippen LogP contribution in [0.3, 0.4) is 0 Å². The molecule has 0 amide bonds. The van der Waals surface area contributed by atoms with E-state index in [1.807, 2.05) is 72.8 Å². The maximum absolute atomic E-state index is 11.6. The van der Waals surface area contributed by atoms with E-state index in [1.54, 1.807) is 12.2 Å². The molecule has 0 aliphatic carbocycles. The van der Waals surface area contributed by atoms with Crippen LogP contribution in [0.2, 0.25) is 0 Å². The maximum Gasteiger partial charge on any atom is 2.00 e. The Bertz CT molecular complexity index is 514. The van der Waals surface area contributed by atoms with Crippen LogP contribution in [-0.2, 0) is 25.2 Å². The van der Waals surface area contributed by atoms with Gasteiger partial charge in [0.25, 0.3) is 0 Å². The molecular formula is C17H14Cl2OPd. The molecule has 0 saturated heterocycles. The first-order valence-corrected chi connectivity index (χ1v) is 5.85. The van der Waals surface area contributed by atoms with Gasteiger partial charge >= 0.3 is 20.4 Å². The molecule has 2 aromatic carbocycles.